The number of hydrogen-bond acceptors (Lipinski definition) is 12. The van der Waals surface area contributed by atoms with Crippen LogP contribution in [-0.4, -0.2) is 118 Å². The van der Waals surface area contributed by atoms with Crippen molar-refractivity contribution in [2.45, 2.75) is 64.8 Å². The summed E-state index contributed by atoms with van der Waals surface area (Å²) in [6, 6.07) is 12.2. The van der Waals surface area contributed by atoms with Crippen LogP contribution < -0.4 is 23.7 Å². The number of benzene rings is 3. The van der Waals surface area contributed by atoms with Crippen LogP contribution in [0.1, 0.15) is 71.4 Å². The van der Waals surface area contributed by atoms with Crippen molar-refractivity contribution in [1.82, 2.24) is 14.7 Å². The van der Waals surface area contributed by atoms with E-state index in [1.54, 1.807) is 31.3 Å². The van der Waals surface area contributed by atoms with Gasteiger partial charge in [0, 0.05) is 51.1 Å². The number of likely N-dealkylation sites (N-methyl/N-ethyl adjacent to an activating group) is 1. The molecule has 0 aromatic heterocycles. The van der Waals surface area contributed by atoms with Gasteiger partial charge in [-0.15, -0.1) is 0 Å². The summed E-state index contributed by atoms with van der Waals surface area (Å²) in [6.07, 6.45) is 9.25. The first-order valence-electron chi connectivity index (χ1n) is 20.3. The SMILES string of the molecule is CC=C1C[C@H]2C=Nc3cc(OCc4cc(COc5cc6c(cc5OC)C(=O)N5CC(=CC)C[C@H]5C=N6)cc(OCCN(C)C(=O)CCC(=O)OC)c4)c(OC)cc3C(=O)N2C1. The molecular weight excluding hydrogens is 783 g/mol. The molecule has 61 heavy (non-hydrogen) atoms. The molecule has 3 aromatic rings. The zero-order chi connectivity index (χ0) is 43.2. The van der Waals surface area contributed by atoms with Crippen molar-refractivity contribution in [2.75, 3.05) is 54.6 Å². The number of hydrogen-bond donors (Lipinski definition) is 0. The number of rotatable bonds is 15. The first-order valence-corrected chi connectivity index (χ1v) is 20.3. The molecule has 2 atom stereocenters. The molecule has 0 radical (unpaired) electrons. The van der Waals surface area contributed by atoms with Crippen LogP contribution in [0, 0.1) is 0 Å². The van der Waals surface area contributed by atoms with Gasteiger partial charge in [-0.05, 0) is 68.1 Å². The highest BCUT2D eigenvalue weighted by molar-refractivity contribution is 6.05. The van der Waals surface area contributed by atoms with E-state index in [0.717, 1.165) is 24.0 Å². The minimum absolute atomic E-state index is 0.00597. The van der Waals surface area contributed by atoms with E-state index >= 15 is 0 Å². The number of methoxy groups -OCH3 is 3. The molecule has 15 heteroatoms. The van der Waals surface area contributed by atoms with Crippen molar-refractivity contribution in [2.24, 2.45) is 9.98 Å². The number of carbonyl (C=O) groups is 4. The molecule has 3 aromatic carbocycles. The molecule has 3 amide bonds. The van der Waals surface area contributed by atoms with Crippen LogP contribution in [0.2, 0.25) is 0 Å². The molecule has 4 heterocycles. The van der Waals surface area contributed by atoms with E-state index in [9.17, 15) is 19.2 Å². The van der Waals surface area contributed by atoms with E-state index in [4.69, 9.17) is 33.7 Å². The summed E-state index contributed by atoms with van der Waals surface area (Å²) in [4.78, 5) is 66.0. The van der Waals surface area contributed by atoms with Crippen molar-refractivity contribution in [3.8, 4) is 28.7 Å². The highest BCUT2D eigenvalue weighted by Crippen LogP contribution is 2.41. The monoisotopic (exact) mass is 833 g/mol. The van der Waals surface area contributed by atoms with Gasteiger partial charge < -0.3 is 43.1 Å². The number of carbonyl (C=O) groups excluding carboxylic acids is 4. The molecule has 2 saturated heterocycles. The first kappa shape index (κ1) is 42.5. The smallest absolute Gasteiger partial charge is 0.306 e. The average Bonchev–Trinajstić information content (AvgIpc) is 3.85. The number of amides is 3. The van der Waals surface area contributed by atoms with Crippen molar-refractivity contribution in [3.05, 3.63) is 88.0 Å². The van der Waals surface area contributed by atoms with Gasteiger partial charge in [0.15, 0.2) is 23.0 Å². The Balaban J connectivity index is 1.11. The average molecular weight is 834 g/mol. The summed E-state index contributed by atoms with van der Waals surface area (Å²) >= 11 is 0. The molecule has 4 aliphatic heterocycles. The summed E-state index contributed by atoms with van der Waals surface area (Å²) in [5.41, 5.74) is 5.73. The topological polar surface area (TPSA) is 158 Å². The lowest BCUT2D eigenvalue weighted by atomic mass is 10.1. The van der Waals surface area contributed by atoms with E-state index in [-0.39, 0.29) is 69.0 Å². The molecule has 0 bridgehead atoms. The molecule has 0 N–H and O–H groups in total. The quantitative estimate of drug-likeness (QED) is 0.124. The second kappa shape index (κ2) is 18.7. The lowest BCUT2D eigenvalue weighted by Gasteiger charge is -2.20. The molecule has 7 rings (SSSR count). The van der Waals surface area contributed by atoms with Crippen molar-refractivity contribution in [1.29, 1.82) is 0 Å². The molecule has 4 aliphatic rings. The second-order valence-electron chi connectivity index (χ2n) is 15.2. The zero-order valence-corrected chi connectivity index (χ0v) is 35.4. The van der Waals surface area contributed by atoms with Crippen molar-refractivity contribution < 1.29 is 47.6 Å². The Morgan fingerprint density at radius 2 is 1.21 bits per heavy atom. The third-order valence-corrected chi connectivity index (χ3v) is 11.3. The molecule has 0 unspecified atom stereocenters. The summed E-state index contributed by atoms with van der Waals surface area (Å²) in [5, 5.41) is 0. The highest BCUT2D eigenvalue weighted by Gasteiger charge is 2.36. The lowest BCUT2D eigenvalue weighted by molar-refractivity contribution is -0.143. The fourth-order valence-corrected chi connectivity index (χ4v) is 7.76. The fourth-order valence-electron chi connectivity index (χ4n) is 7.76. The second-order valence-corrected chi connectivity index (χ2v) is 15.2. The van der Waals surface area contributed by atoms with Crippen LogP contribution in [0.15, 0.2) is 75.7 Å². The molecule has 2 fully saturated rings. The van der Waals surface area contributed by atoms with Gasteiger partial charge in [0.1, 0.15) is 25.6 Å². The Labute approximate surface area is 355 Å². The Hall–Kier alpha value is -6.64. The van der Waals surface area contributed by atoms with Crippen LogP contribution in [0.4, 0.5) is 11.4 Å². The van der Waals surface area contributed by atoms with Crippen LogP contribution >= 0.6 is 0 Å². The maximum atomic E-state index is 13.6. The van der Waals surface area contributed by atoms with Crippen LogP contribution in [0.25, 0.3) is 0 Å². The number of fused-ring (bicyclic) bond motifs is 4. The molecule has 0 aliphatic carbocycles. The van der Waals surface area contributed by atoms with Gasteiger partial charge in [0.25, 0.3) is 11.8 Å². The maximum absolute atomic E-state index is 13.6. The molecule has 15 nitrogen and oxygen atoms in total. The van der Waals surface area contributed by atoms with Gasteiger partial charge in [-0.25, -0.2) is 0 Å². The number of ether oxygens (including phenoxy) is 6. The molecular formula is C46H51N5O10. The maximum Gasteiger partial charge on any atom is 0.306 e. The lowest BCUT2D eigenvalue weighted by Crippen LogP contribution is -2.35. The van der Waals surface area contributed by atoms with Crippen LogP contribution in [0.3, 0.4) is 0 Å². The standard InChI is InChI=1S/C46H51N5O10/c1-7-28-14-32-22-47-37-20-41(39(56-4)18-35(37)45(54)50(32)24-28)60-26-30-13-31(17-34(16-30)59-12-11-49(3)43(52)9-10-44(53)58-6)27-61-42-21-38-36(19-40(42)57-5)46(55)51-25-29(8-2)15-33(51)23-48-38/h7-8,13,16-23,32-33H,9-12,14-15,24-27H2,1-6H3/t32-,33-/m0/s1. The summed E-state index contributed by atoms with van der Waals surface area (Å²) in [5.74, 6) is 1.21. The highest BCUT2D eigenvalue weighted by atomic mass is 16.5. The third-order valence-electron chi connectivity index (χ3n) is 11.3. The van der Waals surface area contributed by atoms with E-state index in [2.05, 4.69) is 4.74 Å². The van der Waals surface area contributed by atoms with Crippen LogP contribution in [0.5, 0.6) is 28.7 Å². The van der Waals surface area contributed by atoms with Crippen molar-refractivity contribution in [3.63, 3.8) is 0 Å². The number of allylic oxidation sites excluding steroid dienone is 2. The Morgan fingerprint density at radius 1 is 0.705 bits per heavy atom. The van der Waals surface area contributed by atoms with Gasteiger partial charge in [0.05, 0.1) is 68.9 Å². The van der Waals surface area contributed by atoms with E-state index < -0.39 is 5.97 Å². The first-order chi connectivity index (χ1) is 29.5. The zero-order valence-electron chi connectivity index (χ0n) is 35.4. The Kier molecular flexibility index (Phi) is 13.0. The minimum atomic E-state index is -0.451. The van der Waals surface area contributed by atoms with E-state index in [1.807, 2.05) is 66.4 Å². The van der Waals surface area contributed by atoms with Gasteiger partial charge in [-0.1, -0.05) is 23.3 Å². The normalized spacial score (nSPS) is 18.9. The fraction of sp³-hybridized carbons (Fsp3) is 0.391. The van der Waals surface area contributed by atoms with Crippen molar-refractivity contribution >= 4 is 47.5 Å². The summed E-state index contributed by atoms with van der Waals surface area (Å²) < 4.78 is 35.0. The van der Waals surface area contributed by atoms with Gasteiger partial charge >= 0.3 is 5.97 Å². The van der Waals surface area contributed by atoms with E-state index in [0.29, 0.717) is 64.3 Å². The largest absolute Gasteiger partial charge is 0.493 e. The predicted molar refractivity (Wildman–Crippen MR) is 228 cm³/mol. The van der Waals surface area contributed by atoms with Gasteiger partial charge in [0.2, 0.25) is 5.91 Å². The molecule has 320 valence electrons. The summed E-state index contributed by atoms with van der Waals surface area (Å²) in [6.45, 7) is 5.70. The minimum Gasteiger partial charge on any atom is -0.493 e. The Morgan fingerprint density at radius 3 is 1.67 bits per heavy atom. The van der Waals surface area contributed by atoms with E-state index in [1.165, 1.54) is 37.4 Å². The van der Waals surface area contributed by atoms with Gasteiger partial charge in [-0.2, -0.15) is 0 Å². The number of nitrogens with zero attached hydrogens (tertiary/aromatic N) is 5. The summed E-state index contributed by atoms with van der Waals surface area (Å²) in [7, 11) is 5.99. The number of esters is 1. The predicted octanol–water partition coefficient (Wildman–Crippen LogP) is 6.41. The third kappa shape index (κ3) is 9.40. The van der Waals surface area contributed by atoms with Gasteiger partial charge in [-0.3, -0.25) is 29.2 Å². The van der Waals surface area contributed by atoms with Crippen LogP contribution in [-0.2, 0) is 27.5 Å². The Bertz CT molecular complexity index is 2200. The number of aliphatic imine (C=N–C) groups is 2. The molecule has 0 saturated carbocycles. The molecule has 0 spiro atoms.